The third-order valence-corrected chi connectivity index (χ3v) is 4.04. The Labute approximate surface area is 116 Å². The van der Waals surface area contributed by atoms with Gasteiger partial charge in [0.15, 0.2) is 0 Å². The van der Waals surface area contributed by atoms with Crippen molar-refractivity contribution in [3.8, 4) is 5.75 Å². The third-order valence-electron chi connectivity index (χ3n) is 2.56. The van der Waals surface area contributed by atoms with Gasteiger partial charge < -0.3 is 10.5 Å². The van der Waals surface area contributed by atoms with Gasteiger partial charge in [0.1, 0.15) is 5.75 Å². The molecule has 0 aliphatic heterocycles. The fourth-order valence-corrected chi connectivity index (χ4v) is 2.79. The van der Waals surface area contributed by atoms with E-state index in [1.807, 2.05) is 43.3 Å². The van der Waals surface area contributed by atoms with Gasteiger partial charge in [-0.05, 0) is 42.8 Å². The standard InChI is InChI=1S/C14H14ClNOS/c1-9-6-13(16)12(15)8-14(9)18-11-5-3-4-10(7-11)17-2/h3-8H,16H2,1-2H3. The van der Waals surface area contributed by atoms with E-state index < -0.39 is 0 Å². The largest absolute Gasteiger partial charge is 0.497 e. The maximum absolute atomic E-state index is 6.05. The van der Waals surface area contributed by atoms with Crippen molar-refractivity contribution in [3.05, 3.63) is 47.0 Å². The van der Waals surface area contributed by atoms with Crippen LogP contribution in [0.5, 0.6) is 5.75 Å². The molecule has 0 aliphatic carbocycles. The highest BCUT2D eigenvalue weighted by atomic mass is 35.5. The van der Waals surface area contributed by atoms with Crippen LogP contribution in [0.4, 0.5) is 5.69 Å². The third kappa shape index (κ3) is 2.92. The molecule has 4 heteroatoms. The quantitative estimate of drug-likeness (QED) is 0.846. The molecule has 0 fully saturated rings. The van der Waals surface area contributed by atoms with Crippen LogP contribution in [0.3, 0.4) is 0 Å². The van der Waals surface area contributed by atoms with Crippen molar-refractivity contribution in [2.45, 2.75) is 16.7 Å². The van der Waals surface area contributed by atoms with E-state index in [4.69, 9.17) is 22.1 Å². The van der Waals surface area contributed by atoms with Gasteiger partial charge in [-0.2, -0.15) is 0 Å². The molecule has 2 N–H and O–H groups in total. The lowest BCUT2D eigenvalue weighted by atomic mass is 10.2. The van der Waals surface area contributed by atoms with Crippen molar-refractivity contribution >= 4 is 29.1 Å². The lowest BCUT2D eigenvalue weighted by Gasteiger charge is -2.09. The molecule has 94 valence electrons. The summed E-state index contributed by atoms with van der Waals surface area (Å²) in [5.41, 5.74) is 7.50. The highest BCUT2D eigenvalue weighted by Gasteiger charge is 2.06. The minimum Gasteiger partial charge on any atom is -0.497 e. The van der Waals surface area contributed by atoms with E-state index in [9.17, 15) is 0 Å². The Balaban J connectivity index is 2.30. The number of aryl methyl sites for hydroxylation is 1. The summed E-state index contributed by atoms with van der Waals surface area (Å²) >= 11 is 7.69. The van der Waals surface area contributed by atoms with Crippen LogP contribution in [-0.4, -0.2) is 7.11 Å². The first-order chi connectivity index (χ1) is 8.60. The smallest absolute Gasteiger partial charge is 0.119 e. The van der Waals surface area contributed by atoms with Crippen LogP contribution >= 0.6 is 23.4 Å². The summed E-state index contributed by atoms with van der Waals surface area (Å²) in [5.74, 6) is 0.846. The van der Waals surface area contributed by atoms with Crippen molar-refractivity contribution in [2.75, 3.05) is 12.8 Å². The minimum atomic E-state index is 0.589. The molecule has 0 saturated carbocycles. The Morgan fingerprint density at radius 3 is 2.72 bits per heavy atom. The molecule has 0 heterocycles. The van der Waals surface area contributed by atoms with Crippen LogP contribution in [0.25, 0.3) is 0 Å². The van der Waals surface area contributed by atoms with Crippen molar-refractivity contribution in [3.63, 3.8) is 0 Å². The number of rotatable bonds is 3. The normalized spacial score (nSPS) is 10.4. The number of benzene rings is 2. The SMILES string of the molecule is COc1cccc(Sc2cc(Cl)c(N)cc2C)c1. The first-order valence-electron chi connectivity index (χ1n) is 5.47. The van der Waals surface area contributed by atoms with Crippen LogP contribution in [0.2, 0.25) is 5.02 Å². The van der Waals surface area contributed by atoms with Crippen LogP contribution < -0.4 is 10.5 Å². The van der Waals surface area contributed by atoms with Gasteiger partial charge in [0, 0.05) is 9.79 Å². The van der Waals surface area contributed by atoms with E-state index in [1.165, 1.54) is 0 Å². The van der Waals surface area contributed by atoms with Gasteiger partial charge in [-0.3, -0.25) is 0 Å². The first-order valence-corrected chi connectivity index (χ1v) is 6.67. The maximum atomic E-state index is 6.05. The summed E-state index contributed by atoms with van der Waals surface area (Å²) in [7, 11) is 1.66. The molecule has 0 amide bonds. The Morgan fingerprint density at radius 1 is 1.22 bits per heavy atom. The molecule has 2 nitrogen and oxygen atoms in total. The number of ether oxygens (including phenoxy) is 1. The van der Waals surface area contributed by atoms with Gasteiger partial charge in [0.2, 0.25) is 0 Å². The second-order valence-corrected chi connectivity index (χ2v) is 5.44. The van der Waals surface area contributed by atoms with Gasteiger partial charge in [0.25, 0.3) is 0 Å². The summed E-state index contributed by atoms with van der Waals surface area (Å²) in [6, 6.07) is 11.7. The fourth-order valence-electron chi connectivity index (χ4n) is 1.59. The average molecular weight is 280 g/mol. The molecule has 0 aliphatic rings. The Kier molecular flexibility index (Phi) is 4.04. The number of hydrogen-bond acceptors (Lipinski definition) is 3. The van der Waals surface area contributed by atoms with Gasteiger partial charge in [0.05, 0.1) is 17.8 Å². The molecule has 2 aromatic carbocycles. The molecule has 0 radical (unpaired) electrons. The van der Waals surface area contributed by atoms with Crippen molar-refractivity contribution in [2.24, 2.45) is 0 Å². The van der Waals surface area contributed by atoms with Crippen LogP contribution in [0, 0.1) is 6.92 Å². The van der Waals surface area contributed by atoms with Gasteiger partial charge >= 0.3 is 0 Å². The molecule has 0 atom stereocenters. The number of methoxy groups -OCH3 is 1. The lowest BCUT2D eigenvalue weighted by Crippen LogP contribution is -1.89. The predicted molar refractivity (Wildman–Crippen MR) is 77.7 cm³/mol. The second-order valence-electron chi connectivity index (χ2n) is 3.92. The van der Waals surface area contributed by atoms with Gasteiger partial charge in [-0.15, -0.1) is 0 Å². The average Bonchev–Trinajstić information content (AvgIpc) is 2.36. The molecule has 2 aromatic rings. The molecule has 0 bridgehead atoms. The summed E-state index contributed by atoms with van der Waals surface area (Å²) in [6.07, 6.45) is 0. The van der Waals surface area contributed by atoms with Crippen molar-refractivity contribution in [1.82, 2.24) is 0 Å². The van der Waals surface area contributed by atoms with Gasteiger partial charge in [-0.25, -0.2) is 0 Å². The number of anilines is 1. The topological polar surface area (TPSA) is 35.2 Å². The molecule has 0 unspecified atom stereocenters. The minimum absolute atomic E-state index is 0.589. The summed E-state index contributed by atoms with van der Waals surface area (Å²) in [5, 5.41) is 0.589. The zero-order valence-corrected chi connectivity index (χ0v) is 11.8. The predicted octanol–water partition coefficient (Wildman–Crippen LogP) is 4.39. The number of nitrogen functional groups attached to an aromatic ring is 1. The molecule has 2 rings (SSSR count). The summed E-state index contributed by atoms with van der Waals surface area (Å²) in [6.45, 7) is 2.02. The molecular weight excluding hydrogens is 266 g/mol. The number of nitrogens with two attached hydrogens (primary N) is 1. The van der Waals surface area contributed by atoms with Gasteiger partial charge in [-0.1, -0.05) is 29.4 Å². The molecular formula is C14H14ClNOS. The Morgan fingerprint density at radius 2 is 2.00 bits per heavy atom. The lowest BCUT2D eigenvalue weighted by molar-refractivity contribution is 0.413. The Bertz CT molecular complexity index is 572. The summed E-state index contributed by atoms with van der Waals surface area (Å²) in [4.78, 5) is 2.21. The number of hydrogen-bond donors (Lipinski definition) is 1. The van der Waals surface area contributed by atoms with E-state index in [1.54, 1.807) is 18.9 Å². The van der Waals surface area contributed by atoms with E-state index in [0.717, 1.165) is 21.1 Å². The maximum Gasteiger partial charge on any atom is 0.119 e. The van der Waals surface area contributed by atoms with Crippen LogP contribution in [-0.2, 0) is 0 Å². The Hall–Kier alpha value is -1.32. The highest BCUT2D eigenvalue weighted by Crippen LogP contribution is 2.35. The van der Waals surface area contributed by atoms with E-state index in [-0.39, 0.29) is 0 Å². The van der Waals surface area contributed by atoms with E-state index in [2.05, 4.69) is 0 Å². The van der Waals surface area contributed by atoms with Crippen LogP contribution in [0.15, 0.2) is 46.2 Å². The number of halogens is 1. The highest BCUT2D eigenvalue weighted by molar-refractivity contribution is 7.99. The first kappa shape index (κ1) is 13.1. The molecule has 0 aromatic heterocycles. The fraction of sp³-hybridized carbons (Fsp3) is 0.143. The molecule has 0 spiro atoms. The molecule has 0 saturated heterocycles. The zero-order valence-electron chi connectivity index (χ0n) is 10.2. The zero-order chi connectivity index (χ0) is 13.1. The summed E-state index contributed by atoms with van der Waals surface area (Å²) < 4.78 is 5.21. The van der Waals surface area contributed by atoms with Crippen molar-refractivity contribution in [1.29, 1.82) is 0 Å². The van der Waals surface area contributed by atoms with E-state index >= 15 is 0 Å². The van der Waals surface area contributed by atoms with E-state index in [0.29, 0.717) is 10.7 Å². The monoisotopic (exact) mass is 279 g/mol. The molecule has 18 heavy (non-hydrogen) atoms. The van der Waals surface area contributed by atoms with Crippen molar-refractivity contribution < 1.29 is 4.74 Å². The van der Waals surface area contributed by atoms with Crippen LogP contribution in [0.1, 0.15) is 5.56 Å². The second kappa shape index (κ2) is 5.55.